The quantitative estimate of drug-likeness (QED) is 0.835. The van der Waals surface area contributed by atoms with Crippen molar-refractivity contribution in [1.29, 1.82) is 0 Å². The third-order valence-corrected chi connectivity index (χ3v) is 3.80. The van der Waals surface area contributed by atoms with E-state index in [1.54, 1.807) is 7.11 Å². The highest BCUT2D eigenvalue weighted by molar-refractivity contribution is 6.31. The zero-order valence-electron chi connectivity index (χ0n) is 11.4. The monoisotopic (exact) mass is 270 g/mol. The number of nitrogens with two attached hydrogens (primary N) is 2. The van der Waals surface area contributed by atoms with E-state index in [4.69, 9.17) is 27.8 Å². The summed E-state index contributed by atoms with van der Waals surface area (Å²) >= 11 is 6.19. The molecule has 1 unspecified atom stereocenters. The number of benzene rings is 1. The largest absolute Gasteiger partial charge is 0.496 e. The number of methoxy groups -OCH3 is 1. The van der Waals surface area contributed by atoms with Crippen LogP contribution >= 0.6 is 11.6 Å². The van der Waals surface area contributed by atoms with Crippen molar-refractivity contribution in [3.05, 3.63) is 28.3 Å². The van der Waals surface area contributed by atoms with E-state index in [0.717, 1.165) is 28.3 Å². The molecule has 0 spiro atoms. The molecule has 0 radical (unpaired) electrons. The number of aryl methyl sites for hydroxylation is 1. The average Bonchev–Trinajstić information content (AvgIpc) is 2.38. The second kappa shape index (κ2) is 6.98. The smallest absolute Gasteiger partial charge is 0.122 e. The van der Waals surface area contributed by atoms with Gasteiger partial charge in [-0.2, -0.15) is 0 Å². The number of hydrogen-bond donors (Lipinski definition) is 2. The molecule has 0 fully saturated rings. The van der Waals surface area contributed by atoms with Gasteiger partial charge in [-0.25, -0.2) is 0 Å². The Labute approximate surface area is 114 Å². The van der Waals surface area contributed by atoms with Gasteiger partial charge in [0.05, 0.1) is 7.11 Å². The number of halogens is 1. The van der Waals surface area contributed by atoms with Crippen molar-refractivity contribution in [3.8, 4) is 5.75 Å². The van der Waals surface area contributed by atoms with E-state index in [-0.39, 0.29) is 0 Å². The van der Waals surface area contributed by atoms with Crippen molar-refractivity contribution in [2.45, 2.75) is 26.2 Å². The molecule has 0 aliphatic rings. The highest BCUT2D eigenvalue weighted by Gasteiger charge is 2.17. The molecule has 102 valence electrons. The van der Waals surface area contributed by atoms with E-state index in [9.17, 15) is 0 Å². The molecule has 0 bridgehead atoms. The van der Waals surface area contributed by atoms with E-state index in [0.29, 0.717) is 24.9 Å². The molecule has 1 rings (SSSR count). The first-order valence-electron chi connectivity index (χ1n) is 6.27. The van der Waals surface area contributed by atoms with Crippen molar-refractivity contribution in [2.75, 3.05) is 20.2 Å². The molecule has 0 heterocycles. The van der Waals surface area contributed by atoms with Crippen LogP contribution in [0.4, 0.5) is 0 Å². The predicted molar refractivity (Wildman–Crippen MR) is 77.4 cm³/mol. The maximum Gasteiger partial charge on any atom is 0.122 e. The molecule has 0 saturated heterocycles. The van der Waals surface area contributed by atoms with Gasteiger partial charge in [0.1, 0.15) is 5.75 Å². The molecule has 0 saturated carbocycles. The summed E-state index contributed by atoms with van der Waals surface area (Å²) in [6.45, 7) is 5.36. The second-order valence-electron chi connectivity index (χ2n) is 4.82. The van der Waals surface area contributed by atoms with Crippen LogP contribution in [0.15, 0.2) is 12.1 Å². The summed E-state index contributed by atoms with van der Waals surface area (Å²) in [5.74, 6) is 1.55. The molecule has 4 heteroatoms. The van der Waals surface area contributed by atoms with Crippen molar-refractivity contribution in [3.63, 3.8) is 0 Å². The molecule has 18 heavy (non-hydrogen) atoms. The Hall–Kier alpha value is -0.770. The van der Waals surface area contributed by atoms with Gasteiger partial charge in [-0.05, 0) is 61.5 Å². The Balaban J connectivity index is 2.97. The van der Waals surface area contributed by atoms with Crippen LogP contribution in [-0.2, 0) is 0 Å². The van der Waals surface area contributed by atoms with Crippen LogP contribution in [0.3, 0.4) is 0 Å². The number of hydrogen-bond acceptors (Lipinski definition) is 3. The lowest BCUT2D eigenvalue weighted by atomic mass is 9.89. The molecular weight excluding hydrogens is 248 g/mol. The van der Waals surface area contributed by atoms with Crippen LogP contribution in [0.25, 0.3) is 0 Å². The fourth-order valence-corrected chi connectivity index (χ4v) is 2.32. The van der Waals surface area contributed by atoms with E-state index in [2.05, 4.69) is 6.92 Å². The SMILES string of the molecule is COc1cc(C)c(Cl)cc1C(C)CC(CN)CN. The minimum absolute atomic E-state index is 0.329. The van der Waals surface area contributed by atoms with Gasteiger partial charge in [0.25, 0.3) is 0 Å². The molecule has 1 aromatic rings. The fraction of sp³-hybridized carbons (Fsp3) is 0.571. The lowest BCUT2D eigenvalue weighted by molar-refractivity contribution is 0.397. The molecule has 0 aliphatic heterocycles. The van der Waals surface area contributed by atoms with Crippen LogP contribution in [0.2, 0.25) is 5.02 Å². The summed E-state index contributed by atoms with van der Waals surface area (Å²) in [6.07, 6.45) is 0.947. The van der Waals surface area contributed by atoms with Gasteiger partial charge >= 0.3 is 0 Å². The van der Waals surface area contributed by atoms with Gasteiger partial charge in [0.2, 0.25) is 0 Å². The summed E-state index contributed by atoms with van der Waals surface area (Å²) in [6, 6.07) is 3.97. The standard InChI is InChI=1S/C14H23ClN2O/c1-9(4-11(7-16)8-17)12-6-13(15)10(2)5-14(12)18-3/h5-6,9,11H,4,7-8,16-17H2,1-3H3. The summed E-state index contributed by atoms with van der Waals surface area (Å²) in [7, 11) is 1.68. The van der Waals surface area contributed by atoms with Crippen molar-refractivity contribution >= 4 is 11.6 Å². The minimum Gasteiger partial charge on any atom is -0.496 e. The Bertz CT molecular complexity index is 392. The van der Waals surface area contributed by atoms with Gasteiger partial charge in [0, 0.05) is 5.02 Å². The average molecular weight is 271 g/mol. The Morgan fingerprint density at radius 3 is 2.39 bits per heavy atom. The molecule has 1 atom stereocenters. The van der Waals surface area contributed by atoms with Crippen LogP contribution in [0.5, 0.6) is 5.75 Å². The third-order valence-electron chi connectivity index (χ3n) is 3.40. The molecular formula is C14H23ClN2O. The van der Waals surface area contributed by atoms with Crippen LogP contribution in [0, 0.1) is 12.8 Å². The van der Waals surface area contributed by atoms with Crippen molar-refractivity contribution in [1.82, 2.24) is 0 Å². The molecule has 0 amide bonds. The first-order chi connectivity index (χ1) is 8.53. The molecule has 1 aromatic carbocycles. The summed E-state index contributed by atoms with van der Waals surface area (Å²) in [5.41, 5.74) is 13.5. The maximum absolute atomic E-state index is 6.19. The molecule has 3 nitrogen and oxygen atoms in total. The molecule has 0 aromatic heterocycles. The number of rotatable bonds is 6. The van der Waals surface area contributed by atoms with Crippen molar-refractivity contribution in [2.24, 2.45) is 17.4 Å². The Morgan fingerprint density at radius 1 is 1.28 bits per heavy atom. The van der Waals surface area contributed by atoms with E-state index >= 15 is 0 Å². The van der Waals surface area contributed by atoms with E-state index < -0.39 is 0 Å². The van der Waals surface area contributed by atoms with Gasteiger partial charge in [-0.3, -0.25) is 0 Å². The fourth-order valence-electron chi connectivity index (χ4n) is 2.15. The summed E-state index contributed by atoms with van der Waals surface area (Å²) in [4.78, 5) is 0. The lowest BCUT2D eigenvalue weighted by Crippen LogP contribution is -2.24. The normalized spacial score (nSPS) is 12.8. The predicted octanol–water partition coefficient (Wildman–Crippen LogP) is 2.68. The zero-order chi connectivity index (χ0) is 13.7. The van der Waals surface area contributed by atoms with E-state index in [1.165, 1.54) is 0 Å². The van der Waals surface area contributed by atoms with Crippen LogP contribution in [0.1, 0.15) is 30.4 Å². The van der Waals surface area contributed by atoms with Gasteiger partial charge < -0.3 is 16.2 Å². The highest BCUT2D eigenvalue weighted by Crippen LogP contribution is 2.34. The highest BCUT2D eigenvalue weighted by atomic mass is 35.5. The van der Waals surface area contributed by atoms with E-state index in [1.807, 2.05) is 19.1 Å². The lowest BCUT2D eigenvalue weighted by Gasteiger charge is -2.21. The molecule has 4 N–H and O–H groups in total. The summed E-state index contributed by atoms with van der Waals surface area (Å²) < 4.78 is 5.43. The van der Waals surface area contributed by atoms with Gasteiger partial charge in [-0.1, -0.05) is 18.5 Å². The minimum atomic E-state index is 0.329. The first kappa shape index (κ1) is 15.3. The topological polar surface area (TPSA) is 61.3 Å². The Morgan fingerprint density at radius 2 is 1.89 bits per heavy atom. The maximum atomic E-state index is 6.19. The molecule has 0 aliphatic carbocycles. The van der Waals surface area contributed by atoms with Crippen molar-refractivity contribution < 1.29 is 4.74 Å². The third kappa shape index (κ3) is 3.61. The zero-order valence-corrected chi connectivity index (χ0v) is 12.1. The van der Waals surface area contributed by atoms with Gasteiger partial charge in [0.15, 0.2) is 0 Å². The van der Waals surface area contributed by atoms with Gasteiger partial charge in [-0.15, -0.1) is 0 Å². The van der Waals surface area contributed by atoms with Crippen LogP contribution < -0.4 is 16.2 Å². The second-order valence-corrected chi connectivity index (χ2v) is 5.22. The first-order valence-corrected chi connectivity index (χ1v) is 6.65. The van der Waals surface area contributed by atoms with Crippen LogP contribution in [-0.4, -0.2) is 20.2 Å². The summed E-state index contributed by atoms with van der Waals surface area (Å²) in [5, 5.41) is 0.773. The Kier molecular flexibility index (Phi) is 5.93. The number of ether oxygens (including phenoxy) is 1.